The van der Waals surface area contributed by atoms with E-state index in [1.54, 1.807) is 19.2 Å². The molecule has 0 fully saturated rings. The Morgan fingerprint density at radius 1 is 1.05 bits per heavy atom. The lowest BCUT2D eigenvalue weighted by Crippen LogP contribution is -2.06. The highest BCUT2D eigenvalue weighted by molar-refractivity contribution is 7.16. The number of hydrogen-bond donors (Lipinski definition) is 0. The number of carbonyl (C=O) groups excluding carboxylic acids is 1. The van der Waals surface area contributed by atoms with Gasteiger partial charge < -0.3 is 23.5 Å². The molecule has 1 aromatic rings. The van der Waals surface area contributed by atoms with Gasteiger partial charge in [0, 0.05) is 18.6 Å². The average Bonchev–Trinajstić information content (AvgIpc) is 2.45. The minimum atomic E-state index is 0.0245. The number of carbonyl (C=O) groups is 1. The molecular formula is C14H20O4P-. The molecule has 0 aliphatic heterocycles. The van der Waals surface area contributed by atoms with E-state index in [0.29, 0.717) is 29.2 Å². The minimum absolute atomic E-state index is 0.0245. The standard InChI is InChI=1S/C14H20O4P/c1-16-10-8-12(17-2)14(13(9-10)18-3)11(15)6-4-5-7-19/h8-9,19H,4-7H2,1-3H3/q-1. The van der Waals surface area contributed by atoms with E-state index in [2.05, 4.69) is 9.24 Å². The molecule has 0 aliphatic carbocycles. The monoisotopic (exact) mass is 283 g/mol. The molecule has 0 amide bonds. The van der Waals surface area contributed by atoms with Gasteiger partial charge in [0.1, 0.15) is 22.8 Å². The minimum Gasteiger partial charge on any atom is -0.558 e. The zero-order valence-corrected chi connectivity index (χ0v) is 12.6. The summed E-state index contributed by atoms with van der Waals surface area (Å²) in [5.74, 6) is 1.60. The van der Waals surface area contributed by atoms with Gasteiger partial charge in [-0.05, 0) is 6.42 Å². The average molecular weight is 283 g/mol. The number of rotatable bonds is 8. The van der Waals surface area contributed by atoms with Crippen molar-refractivity contribution in [2.45, 2.75) is 19.3 Å². The van der Waals surface area contributed by atoms with Crippen LogP contribution in [0, 0.1) is 0 Å². The molecule has 0 saturated heterocycles. The molecule has 19 heavy (non-hydrogen) atoms. The second-order valence-electron chi connectivity index (χ2n) is 4.04. The first kappa shape index (κ1) is 15.8. The van der Waals surface area contributed by atoms with Crippen molar-refractivity contribution in [2.24, 2.45) is 0 Å². The molecule has 0 aromatic heterocycles. The van der Waals surface area contributed by atoms with E-state index in [0.717, 1.165) is 19.0 Å². The van der Waals surface area contributed by atoms with Crippen LogP contribution < -0.4 is 14.2 Å². The van der Waals surface area contributed by atoms with Crippen LogP contribution in [0.1, 0.15) is 29.6 Å². The highest BCUT2D eigenvalue weighted by atomic mass is 31.0. The number of benzene rings is 1. The van der Waals surface area contributed by atoms with E-state index in [1.165, 1.54) is 14.2 Å². The van der Waals surface area contributed by atoms with Crippen molar-refractivity contribution in [3.8, 4) is 17.2 Å². The van der Waals surface area contributed by atoms with E-state index in [-0.39, 0.29) is 5.78 Å². The number of unbranched alkanes of at least 4 members (excludes halogenated alkanes) is 1. The molecule has 106 valence electrons. The summed E-state index contributed by atoms with van der Waals surface area (Å²) in [6, 6.07) is 3.39. The summed E-state index contributed by atoms with van der Waals surface area (Å²) >= 11 is 0. The van der Waals surface area contributed by atoms with Gasteiger partial charge in [0.15, 0.2) is 5.78 Å². The number of Topliss-reactive ketones (excluding diaryl/α,β-unsaturated/α-hetero) is 1. The van der Waals surface area contributed by atoms with Gasteiger partial charge in [-0.15, -0.1) is 0 Å². The third-order valence-corrected chi connectivity index (χ3v) is 3.18. The lowest BCUT2D eigenvalue weighted by Gasteiger charge is -2.14. The first-order chi connectivity index (χ1) is 9.17. The highest BCUT2D eigenvalue weighted by Crippen LogP contribution is 2.35. The SMILES string of the molecule is COc1cc(OC)c(C(=O)CCCC[PH-])c(OC)c1. The largest absolute Gasteiger partial charge is 0.558 e. The van der Waals surface area contributed by atoms with Crippen LogP contribution in [0.5, 0.6) is 17.2 Å². The number of methoxy groups -OCH3 is 3. The van der Waals surface area contributed by atoms with Crippen molar-refractivity contribution >= 4 is 15.0 Å². The molecule has 0 radical (unpaired) electrons. The molecule has 0 N–H and O–H groups in total. The van der Waals surface area contributed by atoms with Crippen LogP contribution in [0.2, 0.25) is 0 Å². The molecule has 1 rings (SSSR count). The lowest BCUT2D eigenvalue weighted by atomic mass is 10.0. The summed E-state index contributed by atoms with van der Waals surface area (Å²) in [6.45, 7) is 0. The van der Waals surface area contributed by atoms with Gasteiger partial charge in [-0.25, -0.2) is 0 Å². The molecule has 0 bridgehead atoms. The van der Waals surface area contributed by atoms with Gasteiger partial charge >= 0.3 is 0 Å². The molecule has 0 spiro atoms. The third-order valence-electron chi connectivity index (χ3n) is 2.82. The molecule has 1 aromatic carbocycles. The Kier molecular flexibility index (Phi) is 6.65. The van der Waals surface area contributed by atoms with Gasteiger partial charge in [0.25, 0.3) is 0 Å². The fourth-order valence-electron chi connectivity index (χ4n) is 1.82. The highest BCUT2D eigenvalue weighted by Gasteiger charge is 2.19. The maximum absolute atomic E-state index is 12.3. The predicted octanol–water partition coefficient (Wildman–Crippen LogP) is 3.21. The Bertz CT molecular complexity index is 406. The van der Waals surface area contributed by atoms with E-state index in [1.807, 2.05) is 0 Å². The van der Waals surface area contributed by atoms with E-state index >= 15 is 0 Å². The van der Waals surface area contributed by atoms with Crippen LogP contribution in [-0.2, 0) is 0 Å². The van der Waals surface area contributed by atoms with Crippen LogP contribution in [0.4, 0.5) is 0 Å². The number of ketones is 1. The lowest BCUT2D eigenvalue weighted by molar-refractivity contribution is 0.0973. The van der Waals surface area contributed by atoms with Crippen molar-refractivity contribution < 1.29 is 19.0 Å². The Morgan fingerprint density at radius 2 is 1.63 bits per heavy atom. The number of hydrogen-bond acceptors (Lipinski definition) is 4. The predicted molar refractivity (Wildman–Crippen MR) is 77.5 cm³/mol. The van der Waals surface area contributed by atoms with Gasteiger partial charge in [0.05, 0.1) is 21.3 Å². The first-order valence-corrected chi connectivity index (χ1v) is 6.86. The Labute approximate surface area is 116 Å². The normalized spacial score (nSPS) is 10.1. The topological polar surface area (TPSA) is 44.8 Å². The summed E-state index contributed by atoms with van der Waals surface area (Å²) < 4.78 is 15.7. The van der Waals surface area contributed by atoms with Gasteiger partial charge in [0.2, 0.25) is 0 Å². The quantitative estimate of drug-likeness (QED) is 0.417. The Morgan fingerprint density at radius 3 is 2.05 bits per heavy atom. The van der Waals surface area contributed by atoms with Crippen molar-refractivity contribution in [1.82, 2.24) is 0 Å². The maximum Gasteiger partial charge on any atom is 0.170 e. The summed E-state index contributed by atoms with van der Waals surface area (Å²) in [5.41, 5.74) is 0.486. The van der Waals surface area contributed by atoms with Crippen molar-refractivity contribution in [2.75, 3.05) is 27.5 Å². The third kappa shape index (κ3) is 4.10. The molecule has 0 unspecified atom stereocenters. The van der Waals surface area contributed by atoms with Gasteiger partial charge in [-0.2, -0.15) is 6.16 Å². The van der Waals surface area contributed by atoms with Gasteiger partial charge in [-0.3, -0.25) is 4.79 Å². The van der Waals surface area contributed by atoms with Crippen LogP contribution in [0.25, 0.3) is 0 Å². The Hall–Kier alpha value is -1.28. The van der Waals surface area contributed by atoms with Crippen LogP contribution in [-0.4, -0.2) is 33.3 Å². The smallest absolute Gasteiger partial charge is 0.170 e. The molecule has 0 heterocycles. The zero-order valence-electron chi connectivity index (χ0n) is 11.6. The van der Waals surface area contributed by atoms with Crippen LogP contribution in [0.15, 0.2) is 12.1 Å². The summed E-state index contributed by atoms with van der Waals surface area (Å²) in [5, 5.41) is 0. The Balaban J connectivity index is 3.05. The summed E-state index contributed by atoms with van der Waals surface area (Å²) in [7, 11) is 8.02. The second-order valence-corrected chi connectivity index (χ2v) is 4.54. The summed E-state index contributed by atoms with van der Waals surface area (Å²) in [6.07, 6.45) is 3.16. The number of ether oxygens (including phenoxy) is 3. The van der Waals surface area contributed by atoms with Crippen molar-refractivity contribution in [3.05, 3.63) is 17.7 Å². The molecule has 0 saturated carbocycles. The van der Waals surface area contributed by atoms with Crippen molar-refractivity contribution in [1.29, 1.82) is 0 Å². The zero-order chi connectivity index (χ0) is 14.3. The summed E-state index contributed by atoms with van der Waals surface area (Å²) in [4.78, 5) is 12.3. The molecule has 0 aliphatic rings. The van der Waals surface area contributed by atoms with Crippen LogP contribution >= 0.6 is 9.24 Å². The first-order valence-electron chi connectivity index (χ1n) is 6.15. The van der Waals surface area contributed by atoms with E-state index in [9.17, 15) is 4.79 Å². The molecule has 5 heteroatoms. The second kappa shape index (κ2) is 8.00. The molecular weight excluding hydrogens is 263 g/mol. The van der Waals surface area contributed by atoms with Crippen LogP contribution in [0.3, 0.4) is 0 Å². The van der Waals surface area contributed by atoms with Gasteiger partial charge in [-0.1, -0.05) is 6.42 Å². The maximum atomic E-state index is 12.3. The van der Waals surface area contributed by atoms with Crippen molar-refractivity contribution in [3.63, 3.8) is 0 Å². The molecule has 4 nitrogen and oxygen atoms in total. The van der Waals surface area contributed by atoms with E-state index in [4.69, 9.17) is 14.2 Å². The molecule has 0 atom stereocenters. The fourth-order valence-corrected chi connectivity index (χ4v) is 2.07. The van der Waals surface area contributed by atoms with E-state index < -0.39 is 0 Å². The fraction of sp³-hybridized carbons (Fsp3) is 0.500.